The van der Waals surface area contributed by atoms with E-state index in [4.69, 9.17) is 15.3 Å². The van der Waals surface area contributed by atoms with Crippen LogP contribution in [0.5, 0.6) is 17.2 Å². The third-order valence-corrected chi connectivity index (χ3v) is 5.22. The molecule has 0 aliphatic heterocycles. The summed E-state index contributed by atoms with van der Waals surface area (Å²) in [7, 11) is 3.09. The lowest BCUT2D eigenvalue weighted by atomic mass is 10.2. The maximum Gasteiger partial charge on any atom is 0.387 e. The highest BCUT2D eigenvalue weighted by molar-refractivity contribution is 7.99. The minimum atomic E-state index is -2.90. The summed E-state index contributed by atoms with van der Waals surface area (Å²) in [6.45, 7) is -2.59. The maximum atomic E-state index is 12.3. The second-order valence-electron chi connectivity index (χ2n) is 6.33. The average Bonchev–Trinajstić information content (AvgIpc) is 3.16. The van der Waals surface area contributed by atoms with Crippen LogP contribution < -0.4 is 25.4 Å². The monoisotopic (exact) mass is 465 g/mol. The number of rotatable bonds is 10. The van der Waals surface area contributed by atoms with Gasteiger partial charge in [0.1, 0.15) is 5.75 Å². The molecule has 0 unspecified atom stereocenters. The summed E-state index contributed by atoms with van der Waals surface area (Å²) in [5.74, 6) is 7.40. The van der Waals surface area contributed by atoms with Crippen LogP contribution in [0.2, 0.25) is 0 Å². The first kappa shape index (κ1) is 23.1. The highest BCUT2D eigenvalue weighted by Gasteiger charge is 2.15. The number of hydrogen-bond acceptors (Lipinski definition) is 8. The smallest absolute Gasteiger partial charge is 0.387 e. The fourth-order valence-corrected chi connectivity index (χ4v) is 3.42. The number of nitrogen functional groups attached to an aromatic ring is 1. The molecule has 0 atom stereocenters. The van der Waals surface area contributed by atoms with Crippen molar-refractivity contribution in [2.75, 3.05) is 25.8 Å². The minimum Gasteiger partial charge on any atom is -0.493 e. The third-order valence-electron chi connectivity index (χ3n) is 4.27. The van der Waals surface area contributed by atoms with E-state index in [2.05, 4.69) is 20.3 Å². The van der Waals surface area contributed by atoms with Gasteiger partial charge in [0.05, 0.1) is 20.0 Å². The molecule has 0 spiro atoms. The molecule has 12 heteroatoms. The van der Waals surface area contributed by atoms with Crippen molar-refractivity contribution < 1.29 is 27.8 Å². The molecule has 0 aliphatic rings. The van der Waals surface area contributed by atoms with E-state index < -0.39 is 6.61 Å². The number of halogens is 2. The van der Waals surface area contributed by atoms with Crippen LogP contribution in [0.25, 0.3) is 11.4 Å². The van der Waals surface area contributed by atoms with Crippen molar-refractivity contribution in [3.8, 4) is 28.6 Å². The highest BCUT2D eigenvalue weighted by atomic mass is 32.2. The maximum absolute atomic E-state index is 12.3. The summed E-state index contributed by atoms with van der Waals surface area (Å²) in [5.41, 5.74) is 1.41. The summed E-state index contributed by atoms with van der Waals surface area (Å²) in [4.78, 5) is 12.2. The molecule has 3 aromatic rings. The van der Waals surface area contributed by atoms with Gasteiger partial charge in [0, 0.05) is 12.1 Å². The molecule has 1 heterocycles. The van der Waals surface area contributed by atoms with Crippen LogP contribution in [-0.2, 0) is 11.3 Å². The summed E-state index contributed by atoms with van der Waals surface area (Å²) < 4.78 is 40.5. The number of carbonyl (C=O) groups excluding carboxylic acids is 1. The van der Waals surface area contributed by atoms with Crippen LogP contribution in [0.4, 0.5) is 8.78 Å². The zero-order chi connectivity index (χ0) is 23.1. The Bertz CT molecular complexity index is 1060. The second-order valence-corrected chi connectivity index (χ2v) is 7.28. The molecule has 3 N–H and O–H groups in total. The van der Waals surface area contributed by atoms with Crippen LogP contribution in [0.3, 0.4) is 0 Å². The second kappa shape index (κ2) is 10.7. The molecular weight excluding hydrogens is 444 g/mol. The summed E-state index contributed by atoms with van der Waals surface area (Å²) in [6, 6.07) is 11.2. The van der Waals surface area contributed by atoms with Gasteiger partial charge in [-0.3, -0.25) is 4.79 Å². The molecule has 1 aromatic heterocycles. The largest absolute Gasteiger partial charge is 0.493 e. The van der Waals surface area contributed by atoms with Gasteiger partial charge in [0.25, 0.3) is 0 Å². The van der Waals surface area contributed by atoms with Gasteiger partial charge in [0.2, 0.25) is 11.1 Å². The lowest BCUT2D eigenvalue weighted by Crippen LogP contribution is -2.25. The molecule has 0 radical (unpaired) electrons. The van der Waals surface area contributed by atoms with Crippen LogP contribution in [-0.4, -0.2) is 47.4 Å². The summed E-state index contributed by atoms with van der Waals surface area (Å²) >= 11 is 1.11. The van der Waals surface area contributed by atoms with Gasteiger partial charge in [0.15, 0.2) is 17.3 Å². The van der Waals surface area contributed by atoms with Gasteiger partial charge < -0.3 is 25.4 Å². The number of nitrogens with two attached hydrogens (primary N) is 1. The van der Waals surface area contributed by atoms with E-state index in [-0.39, 0.29) is 17.4 Å². The minimum absolute atomic E-state index is 0.0209. The standard InChI is InChI=1S/C20H21F2N5O4S/c1-29-15-8-3-12(9-16(15)30-2)10-24-17(28)11-32-20-26-25-18(27(20)23)13-4-6-14(7-5-13)31-19(21)22/h3-9,19H,10-11,23H2,1-2H3,(H,24,28). The van der Waals surface area contributed by atoms with E-state index >= 15 is 0 Å². The SMILES string of the molecule is COc1ccc(CNC(=O)CSc2nnc(-c3ccc(OC(F)F)cc3)n2N)cc1OC. The van der Waals surface area contributed by atoms with E-state index in [0.29, 0.717) is 34.6 Å². The molecule has 3 rings (SSSR count). The molecule has 0 fully saturated rings. The normalized spacial score (nSPS) is 10.8. The van der Waals surface area contributed by atoms with Gasteiger partial charge >= 0.3 is 6.61 Å². The van der Waals surface area contributed by atoms with E-state index in [1.54, 1.807) is 26.4 Å². The molecule has 1 amide bonds. The molecule has 170 valence electrons. The van der Waals surface area contributed by atoms with Crippen molar-refractivity contribution in [1.29, 1.82) is 0 Å². The average molecular weight is 465 g/mol. The fraction of sp³-hybridized carbons (Fsp3) is 0.250. The van der Waals surface area contributed by atoms with Gasteiger partial charge in [-0.25, -0.2) is 4.68 Å². The number of aromatic nitrogens is 3. The lowest BCUT2D eigenvalue weighted by molar-refractivity contribution is -0.118. The van der Waals surface area contributed by atoms with Gasteiger partial charge in [-0.1, -0.05) is 17.8 Å². The Kier molecular flexibility index (Phi) is 7.71. The number of ether oxygens (including phenoxy) is 3. The van der Waals surface area contributed by atoms with Crippen molar-refractivity contribution in [3.05, 3.63) is 48.0 Å². The number of amides is 1. The molecule has 0 bridgehead atoms. The Labute approximate surface area is 186 Å². The van der Waals surface area contributed by atoms with Gasteiger partial charge in [-0.15, -0.1) is 10.2 Å². The first-order valence-corrected chi connectivity index (χ1v) is 10.3. The van der Waals surface area contributed by atoms with Crippen LogP contribution in [0.15, 0.2) is 47.6 Å². The Balaban J connectivity index is 1.55. The van der Waals surface area contributed by atoms with Crippen LogP contribution >= 0.6 is 11.8 Å². The number of nitrogens with one attached hydrogen (secondary N) is 1. The first-order chi connectivity index (χ1) is 15.4. The van der Waals surface area contributed by atoms with Crippen molar-refractivity contribution in [2.45, 2.75) is 18.3 Å². The van der Waals surface area contributed by atoms with Gasteiger partial charge in [-0.05, 0) is 42.0 Å². The Morgan fingerprint density at radius 3 is 2.50 bits per heavy atom. The quantitative estimate of drug-likeness (QED) is 0.347. The first-order valence-electron chi connectivity index (χ1n) is 9.27. The molecule has 2 aromatic carbocycles. The molecule has 9 nitrogen and oxygen atoms in total. The molecule has 32 heavy (non-hydrogen) atoms. The molecule has 0 saturated carbocycles. The number of methoxy groups -OCH3 is 2. The predicted octanol–water partition coefficient (Wildman–Crippen LogP) is 2.69. The fourth-order valence-electron chi connectivity index (χ4n) is 2.73. The van der Waals surface area contributed by atoms with Crippen molar-refractivity contribution in [2.24, 2.45) is 0 Å². The Hall–Kier alpha value is -3.54. The number of benzene rings is 2. The number of thioether (sulfide) groups is 1. The van der Waals surface area contributed by atoms with Crippen molar-refractivity contribution >= 4 is 17.7 Å². The zero-order valence-electron chi connectivity index (χ0n) is 17.2. The Morgan fingerprint density at radius 1 is 1.12 bits per heavy atom. The van der Waals surface area contributed by atoms with Crippen molar-refractivity contribution in [1.82, 2.24) is 20.2 Å². The predicted molar refractivity (Wildman–Crippen MR) is 114 cm³/mol. The molecule has 0 saturated heterocycles. The summed E-state index contributed by atoms with van der Waals surface area (Å²) in [5, 5.41) is 11.1. The number of carbonyl (C=O) groups is 1. The zero-order valence-corrected chi connectivity index (χ0v) is 18.1. The van der Waals surface area contributed by atoms with E-state index in [1.165, 1.54) is 28.9 Å². The third kappa shape index (κ3) is 5.78. The topological polar surface area (TPSA) is 114 Å². The lowest BCUT2D eigenvalue weighted by Gasteiger charge is -2.10. The van der Waals surface area contributed by atoms with Gasteiger partial charge in [-0.2, -0.15) is 8.78 Å². The van der Waals surface area contributed by atoms with Crippen LogP contribution in [0, 0.1) is 0 Å². The van der Waals surface area contributed by atoms with Crippen molar-refractivity contribution in [3.63, 3.8) is 0 Å². The number of hydrogen-bond donors (Lipinski definition) is 2. The Morgan fingerprint density at radius 2 is 1.84 bits per heavy atom. The van der Waals surface area contributed by atoms with E-state index in [1.807, 2.05) is 6.07 Å². The molecular formula is C20H21F2N5O4S. The number of nitrogens with zero attached hydrogens (tertiary/aromatic N) is 3. The number of alkyl halides is 2. The van der Waals surface area contributed by atoms with E-state index in [0.717, 1.165) is 17.3 Å². The highest BCUT2D eigenvalue weighted by Crippen LogP contribution is 2.27. The summed E-state index contributed by atoms with van der Waals surface area (Å²) in [6.07, 6.45) is 0. The van der Waals surface area contributed by atoms with Crippen LogP contribution in [0.1, 0.15) is 5.56 Å². The molecule has 0 aliphatic carbocycles. The van der Waals surface area contributed by atoms with E-state index in [9.17, 15) is 13.6 Å².